The molecule has 0 unspecified atom stereocenters. The number of hydrogen-bond donors (Lipinski definition) is 0. The highest BCUT2D eigenvalue weighted by Gasteiger charge is 2.36. The van der Waals surface area contributed by atoms with E-state index in [-0.39, 0.29) is 23.6 Å². The van der Waals surface area contributed by atoms with Crippen LogP contribution in [0.1, 0.15) is 24.3 Å². The van der Waals surface area contributed by atoms with Crippen LogP contribution in [0.5, 0.6) is 0 Å². The van der Waals surface area contributed by atoms with Crippen molar-refractivity contribution in [1.29, 1.82) is 0 Å². The average molecular weight is 308 g/mol. The van der Waals surface area contributed by atoms with Gasteiger partial charge in [0, 0.05) is 18.9 Å². The molecule has 0 atom stereocenters. The average Bonchev–Trinajstić information content (AvgIpc) is 2.98. The second-order valence-corrected chi connectivity index (χ2v) is 3.89. The monoisotopic (exact) mass is 308 g/mol. The van der Waals surface area contributed by atoms with Crippen molar-refractivity contribution in [2.75, 3.05) is 0 Å². The van der Waals surface area contributed by atoms with Crippen LogP contribution in [0.3, 0.4) is 0 Å². The molecule has 0 bridgehead atoms. The number of carbonyl (C=O) groups excluding carboxylic acids is 3. The Morgan fingerprint density at radius 1 is 1.33 bits per heavy atom. The molecule has 2 rings (SSSR count). The van der Waals surface area contributed by atoms with E-state index < -0.39 is 36.5 Å². The SMILES string of the molecule is O=C(OCc1cc(C(F)(F)F)on1)ON1C(=O)CCC1=O. The molecule has 2 amide bonds. The maximum Gasteiger partial charge on any atom is 0.534 e. The van der Waals surface area contributed by atoms with Gasteiger partial charge in [-0.15, -0.1) is 0 Å². The van der Waals surface area contributed by atoms with Gasteiger partial charge in [0.2, 0.25) is 5.76 Å². The van der Waals surface area contributed by atoms with Crippen molar-refractivity contribution in [1.82, 2.24) is 10.2 Å². The van der Waals surface area contributed by atoms with Crippen LogP contribution in [0.15, 0.2) is 10.6 Å². The Bertz CT molecular complexity index is 566. The Kier molecular flexibility index (Phi) is 3.82. The summed E-state index contributed by atoms with van der Waals surface area (Å²) in [4.78, 5) is 37.8. The van der Waals surface area contributed by atoms with Gasteiger partial charge < -0.3 is 9.26 Å². The summed E-state index contributed by atoms with van der Waals surface area (Å²) >= 11 is 0. The van der Waals surface area contributed by atoms with Gasteiger partial charge in [-0.3, -0.25) is 14.4 Å². The predicted molar refractivity (Wildman–Crippen MR) is 53.9 cm³/mol. The first kappa shape index (κ1) is 14.8. The highest BCUT2D eigenvalue weighted by atomic mass is 19.4. The summed E-state index contributed by atoms with van der Waals surface area (Å²) in [5.74, 6) is -2.77. The van der Waals surface area contributed by atoms with Gasteiger partial charge in [0.05, 0.1) is 0 Å². The summed E-state index contributed by atoms with van der Waals surface area (Å²) in [7, 11) is 0. The first-order chi connectivity index (χ1) is 9.77. The lowest BCUT2D eigenvalue weighted by molar-refractivity contribution is -0.177. The van der Waals surface area contributed by atoms with E-state index in [1.807, 2.05) is 0 Å². The van der Waals surface area contributed by atoms with Gasteiger partial charge in [-0.05, 0) is 0 Å². The molecule has 0 radical (unpaired) electrons. The lowest BCUT2D eigenvalue weighted by Crippen LogP contribution is -2.32. The summed E-state index contributed by atoms with van der Waals surface area (Å²) in [5, 5.41) is 3.28. The summed E-state index contributed by atoms with van der Waals surface area (Å²) in [6.45, 7) is -0.672. The van der Waals surface area contributed by atoms with Gasteiger partial charge in [0.15, 0.2) is 0 Å². The molecule has 1 aliphatic rings. The predicted octanol–water partition coefficient (Wildman–Crippen LogP) is 1.41. The highest BCUT2D eigenvalue weighted by Crippen LogP contribution is 2.29. The molecule has 0 spiro atoms. The van der Waals surface area contributed by atoms with Gasteiger partial charge >= 0.3 is 12.3 Å². The van der Waals surface area contributed by atoms with Crippen LogP contribution in [0, 0.1) is 0 Å². The highest BCUT2D eigenvalue weighted by molar-refractivity contribution is 6.01. The van der Waals surface area contributed by atoms with E-state index in [9.17, 15) is 27.6 Å². The van der Waals surface area contributed by atoms with Crippen LogP contribution < -0.4 is 0 Å². The van der Waals surface area contributed by atoms with Crippen LogP contribution in [0.4, 0.5) is 18.0 Å². The van der Waals surface area contributed by atoms with Crippen LogP contribution in [0.2, 0.25) is 0 Å². The maximum atomic E-state index is 12.2. The minimum absolute atomic E-state index is 0.0929. The number of hydrogen-bond acceptors (Lipinski definition) is 7. The van der Waals surface area contributed by atoms with Crippen LogP contribution in [-0.2, 0) is 31.9 Å². The summed E-state index contributed by atoms with van der Waals surface area (Å²) in [6.07, 6.45) is -6.32. The topological polar surface area (TPSA) is 98.9 Å². The molecule has 1 fully saturated rings. The fraction of sp³-hybridized carbons (Fsp3) is 0.400. The Morgan fingerprint density at radius 3 is 2.48 bits per heavy atom. The van der Waals surface area contributed by atoms with E-state index >= 15 is 0 Å². The van der Waals surface area contributed by atoms with Crippen molar-refractivity contribution in [2.24, 2.45) is 0 Å². The number of hydroxylamine groups is 2. The molecule has 11 heteroatoms. The van der Waals surface area contributed by atoms with E-state index in [1.165, 1.54) is 0 Å². The lowest BCUT2D eigenvalue weighted by Gasteiger charge is -2.11. The van der Waals surface area contributed by atoms with E-state index in [1.54, 1.807) is 0 Å². The number of halogens is 3. The summed E-state index contributed by atoms with van der Waals surface area (Å²) in [6, 6.07) is 0.541. The van der Waals surface area contributed by atoms with Gasteiger partial charge in [-0.2, -0.15) is 13.2 Å². The van der Waals surface area contributed by atoms with Crippen molar-refractivity contribution >= 4 is 18.0 Å². The molecule has 1 saturated heterocycles. The Morgan fingerprint density at radius 2 is 1.95 bits per heavy atom. The minimum atomic E-state index is -4.71. The Balaban J connectivity index is 1.85. The molecule has 114 valence electrons. The van der Waals surface area contributed by atoms with E-state index in [2.05, 4.69) is 19.3 Å². The molecule has 0 aromatic carbocycles. The number of imide groups is 1. The number of rotatable bonds is 3. The quantitative estimate of drug-likeness (QED) is 0.615. The van der Waals surface area contributed by atoms with Crippen molar-refractivity contribution < 1.29 is 41.7 Å². The molecule has 1 aliphatic heterocycles. The fourth-order valence-electron chi connectivity index (χ4n) is 1.41. The number of carbonyl (C=O) groups is 3. The van der Waals surface area contributed by atoms with Crippen LogP contribution in [-0.4, -0.2) is 28.2 Å². The number of aromatic nitrogens is 1. The summed E-state index contributed by atoms with van der Waals surface area (Å²) < 4.78 is 45.0. The zero-order chi connectivity index (χ0) is 15.6. The molecule has 0 aliphatic carbocycles. The van der Waals surface area contributed by atoms with Gasteiger partial charge in [0.25, 0.3) is 11.8 Å². The molecule has 1 aromatic heterocycles. The second-order valence-electron chi connectivity index (χ2n) is 3.89. The second kappa shape index (κ2) is 5.42. The fourth-order valence-corrected chi connectivity index (χ4v) is 1.41. The van der Waals surface area contributed by atoms with Crippen LogP contribution in [0.25, 0.3) is 0 Å². The third-order valence-corrected chi connectivity index (χ3v) is 2.35. The lowest BCUT2D eigenvalue weighted by atomic mass is 10.4. The Labute approximate surface area is 114 Å². The van der Waals surface area contributed by atoms with Crippen LogP contribution >= 0.6 is 0 Å². The smallest absolute Gasteiger partial charge is 0.426 e. The zero-order valence-electron chi connectivity index (χ0n) is 10.2. The molecule has 1 aromatic rings. The normalized spacial score (nSPS) is 15.5. The van der Waals surface area contributed by atoms with Crippen molar-refractivity contribution in [2.45, 2.75) is 25.6 Å². The zero-order valence-corrected chi connectivity index (χ0v) is 10.2. The Hall–Kier alpha value is -2.59. The number of nitrogens with zero attached hydrogens (tertiary/aromatic N) is 2. The standard InChI is InChI=1S/C10H7F3N2O6/c11-10(12,13)6-3-5(14-20-6)4-19-9(18)21-15-7(16)1-2-8(15)17/h3H,1-2,4H2. The number of ether oxygens (including phenoxy) is 1. The molecule has 0 N–H and O–H groups in total. The molecular formula is C10H7F3N2O6. The minimum Gasteiger partial charge on any atom is -0.426 e. The number of amides is 2. The molecule has 8 nitrogen and oxygen atoms in total. The number of alkyl halides is 3. The van der Waals surface area contributed by atoms with E-state index in [4.69, 9.17) is 0 Å². The summed E-state index contributed by atoms with van der Waals surface area (Å²) in [5.41, 5.74) is -0.307. The van der Waals surface area contributed by atoms with Crippen molar-refractivity contribution in [3.8, 4) is 0 Å². The molecule has 0 saturated carbocycles. The van der Waals surface area contributed by atoms with Gasteiger partial charge in [-0.1, -0.05) is 10.2 Å². The maximum absolute atomic E-state index is 12.2. The van der Waals surface area contributed by atoms with Gasteiger partial charge in [0.1, 0.15) is 12.3 Å². The molecule has 21 heavy (non-hydrogen) atoms. The van der Waals surface area contributed by atoms with Gasteiger partial charge in [-0.25, -0.2) is 4.79 Å². The first-order valence-electron chi connectivity index (χ1n) is 5.50. The van der Waals surface area contributed by atoms with Crippen molar-refractivity contribution in [3.63, 3.8) is 0 Å². The third kappa shape index (κ3) is 3.49. The molecular weight excluding hydrogens is 301 g/mol. The first-order valence-corrected chi connectivity index (χ1v) is 5.50. The van der Waals surface area contributed by atoms with Crippen molar-refractivity contribution in [3.05, 3.63) is 17.5 Å². The van der Waals surface area contributed by atoms with E-state index in [0.29, 0.717) is 6.07 Å². The largest absolute Gasteiger partial charge is 0.534 e. The third-order valence-electron chi connectivity index (χ3n) is 2.35. The van der Waals surface area contributed by atoms with E-state index in [0.717, 1.165) is 0 Å². The molecule has 2 heterocycles.